The minimum absolute atomic E-state index is 0.256. The highest BCUT2D eigenvalue weighted by Crippen LogP contribution is 2.22. The highest BCUT2D eigenvalue weighted by atomic mass is 16.2. The third kappa shape index (κ3) is 3.80. The van der Waals surface area contributed by atoms with Gasteiger partial charge in [-0.25, -0.2) is 4.79 Å². The number of nitrogens with zero attached hydrogens (tertiary/aromatic N) is 3. The van der Waals surface area contributed by atoms with E-state index >= 15 is 0 Å². The lowest BCUT2D eigenvalue weighted by Crippen LogP contribution is -2.53. The average Bonchev–Trinajstić information content (AvgIpc) is 2.57. The van der Waals surface area contributed by atoms with Crippen LogP contribution in [0.5, 0.6) is 0 Å². The van der Waals surface area contributed by atoms with Gasteiger partial charge in [-0.2, -0.15) is 0 Å². The van der Waals surface area contributed by atoms with E-state index in [0.717, 1.165) is 64.4 Å². The fraction of sp³-hybridized carbons (Fsp3) is 0.611. The lowest BCUT2D eigenvalue weighted by atomic mass is 9.90. The van der Waals surface area contributed by atoms with Gasteiger partial charge in [0.05, 0.1) is 0 Å². The van der Waals surface area contributed by atoms with Gasteiger partial charge in [-0.05, 0) is 37.8 Å². The van der Waals surface area contributed by atoms with Gasteiger partial charge in [0.1, 0.15) is 0 Å². The van der Waals surface area contributed by atoms with Gasteiger partial charge in [0, 0.05) is 39.3 Å². The van der Waals surface area contributed by atoms with Crippen molar-refractivity contribution in [1.82, 2.24) is 14.7 Å². The van der Waals surface area contributed by atoms with Crippen molar-refractivity contribution in [2.75, 3.05) is 46.3 Å². The van der Waals surface area contributed by atoms with E-state index in [4.69, 9.17) is 0 Å². The van der Waals surface area contributed by atoms with Crippen LogP contribution < -0.4 is 0 Å². The van der Waals surface area contributed by atoms with Gasteiger partial charge >= 0.3 is 6.03 Å². The fourth-order valence-corrected chi connectivity index (χ4v) is 3.47. The van der Waals surface area contributed by atoms with Crippen LogP contribution in [0.2, 0.25) is 0 Å². The van der Waals surface area contributed by atoms with E-state index in [2.05, 4.69) is 47.2 Å². The maximum absolute atomic E-state index is 12.6. The number of urea groups is 1. The molecular weight excluding hydrogens is 274 g/mol. The summed E-state index contributed by atoms with van der Waals surface area (Å²) in [5.74, 6) is 0.721. The first-order chi connectivity index (χ1) is 10.7. The van der Waals surface area contributed by atoms with Crippen LogP contribution in [0.4, 0.5) is 4.79 Å². The number of likely N-dealkylation sites (tertiary alicyclic amines) is 1. The van der Waals surface area contributed by atoms with Crippen molar-refractivity contribution in [2.45, 2.75) is 19.3 Å². The minimum atomic E-state index is 0.256. The van der Waals surface area contributed by atoms with Gasteiger partial charge in [-0.15, -0.1) is 0 Å². The second kappa shape index (κ2) is 7.14. The first-order valence-electron chi connectivity index (χ1n) is 8.48. The van der Waals surface area contributed by atoms with Crippen molar-refractivity contribution in [3.63, 3.8) is 0 Å². The van der Waals surface area contributed by atoms with Crippen LogP contribution in [0, 0.1) is 5.92 Å². The molecule has 2 saturated heterocycles. The second-order valence-electron chi connectivity index (χ2n) is 6.69. The number of rotatable bonds is 2. The summed E-state index contributed by atoms with van der Waals surface area (Å²) < 4.78 is 0. The van der Waals surface area contributed by atoms with E-state index in [1.807, 2.05) is 4.90 Å². The van der Waals surface area contributed by atoms with Gasteiger partial charge in [-0.3, -0.25) is 0 Å². The van der Waals surface area contributed by atoms with E-state index in [-0.39, 0.29) is 6.03 Å². The van der Waals surface area contributed by atoms with Crippen LogP contribution in [-0.2, 0) is 6.42 Å². The predicted molar refractivity (Wildman–Crippen MR) is 88.9 cm³/mol. The third-order valence-corrected chi connectivity index (χ3v) is 5.03. The van der Waals surface area contributed by atoms with Crippen molar-refractivity contribution in [3.05, 3.63) is 35.9 Å². The Morgan fingerprint density at radius 1 is 0.955 bits per heavy atom. The van der Waals surface area contributed by atoms with Crippen molar-refractivity contribution in [3.8, 4) is 0 Å². The largest absolute Gasteiger partial charge is 0.325 e. The Balaban J connectivity index is 1.46. The summed E-state index contributed by atoms with van der Waals surface area (Å²) in [5.41, 5.74) is 1.42. The van der Waals surface area contributed by atoms with Crippen LogP contribution in [0.1, 0.15) is 18.4 Å². The molecule has 0 N–H and O–H groups in total. The van der Waals surface area contributed by atoms with E-state index in [1.165, 1.54) is 5.56 Å². The Hall–Kier alpha value is -1.55. The number of carbonyl (C=O) groups excluding carboxylic acids is 1. The highest BCUT2D eigenvalue weighted by Gasteiger charge is 2.27. The van der Waals surface area contributed by atoms with E-state index in [1.54, 1.807) is 0 Å². The summed E-state index contributed by atoms with van der Waals surface area (Å²) in [7, 11) is 2.12. The average molecular weight is 301 g/mol. The van der Waals surface area contributed by atoms with Crippen LogP contribution in [0.25, 0.3) is 0 Å². The molecule has 2 fully saturated rings. The molecule has 0 aliphatic carbocycles. The number of amides is 2. The first-order valence-corrected chi connectivity index (χ1v) is 8.48. The Kier molecular flexibility index (Phi) is 4.98. The molecule has 2 aliphatic rings. The standard InChI is InChI=1S/C18H27N3O/c1-19-11-13-21(14-12-19)18(22)20-9-7-17(8-10-20)15-16-5-3-2-4-6-16/h2-6,17H,7-15H2,1H3. The van der Waals surface area contributed by atoms with Crippen LogP contribution >= 0.6 is 0 Å². The summed E-state index contributed by atoms with van der Waals surface area (Å²) in [6, 6.07) is 11.0. The van der Waals surface area contributed by atoms with Crippen molar-refractivity contribution >= 4 is 6.03 Å². The number of piperazine rings is 1. The van der Waals surface area contributed by atoms with E-state index in [9.17, 15) is 4.79 Å². The molecule has 0 aromatic heterocycles. The predicted octanol–water partition coefficient (Wildman–Crippen LogP) is 2.31. The highest BCUT2D eigenvalue weighted by molar-refractivity contribution is 5.74. The van der Waals surface area contributed by atoms with Gasteiger partial charge in [-0.1, -0.05) is 30.3 Å². The summed E-state index contributed by atoms with van der Waals surface area (Å²) in [5, 5.41) is 0. The molecule has 1 aromatic rings. The molecule has 0 saturated carbocycles. The fourth-order valence-electron chi connectivity index (χ4n) is 3.47. The number of piperidine rings is 1. The molecule has 4 heteroatoms. The van der Waals surface area contributed by atoms with E-state index in [0.29, 0.717) is 0 Å². The molecule has 2 heterocycles. The number of carbonyl (C=O) groups is 1. The zero-order chi connectivity index (χ0) is 15.4. The maximum atomic E-state index is 12.6. The summed E-state index contributed by atoms with van der Waals surface area (Å²) in [6.45, 7) is 5.58. The van der Waals surface area contributed by atoms with Gasteiger partial charge in [0.25, 0.3) is 0 Å². The molecule has 120 valence electrons. The molecule has 2 aliphatic heterocycles. The molecule has 4 nitrogen and oxygen atoms in total. The number of benzene rings is 1. The first kappa shape index (κ1) is 15.3. The van der Waals surface area contributed by atoms with Gasteiger partial charge in [0.15, 0.2) is 0 Å². The zero-order valence-electron chi connectivity index (χ0n) is 13.6. The Morgan fingerprint density at radius 3 is 2.18 bits per heavy atom. The Labute approximate surface area is 133 Å². The molecular formula is C18H27N3O. The molecule has 0 unspecified atom stereocenters. The summed E-state index contributed by atoms with van der Waals surface area (Å²) in [6.07, 6.45) is 3.42. The van der Waals surface area contributed by atoms with E-state index < -0.39 is 0 Å². The second-order valence-corrected chi connectivity index (χ2v) is 6.69. The molecule has 0 spiro atoms. The Morgan fingerprint density at radius 2 is 1.55 bits per heavy atom. The third-order valence-electron chi connectivity index (χ3n) is 5.03. The molecule has 22 heavy (non-hydrogen) atoms. The number of likely N-dealkylation sites (N-methyl/N-ethyl adjacent to an activating group) is 1. The van der Waals surface area contributed by atoms with Gasteiger partial charge in [0.2, 0.25) is 0 Å². The molecule has 0 bridgehead atoms. The number of hydrogen-bond donors (Lipinski definition) is 0. The molecule has 2 amide bonds. The van der Waals surface area contributed by atoms with Crippen LogP contribution in [0.3, 0.4) is 0 Å². The van der Waals surface area contributed by atoms with Crippen LogP contribution in [-0.4, -0.2) is 67.0 Å². The smallest absolute Gasteiger partial charge is 0.320 e. The molecule has 1 aromatic carbocycles. The summed E-state index contributed by atoms with van der Waals surface area (Å²) in [4.78, 5) is 18.9. The van der Waals surface area contributed by atoms with Crippen LogP contribution in [0.15, 0.2) is 30.3 Å². The maximum Gasteiger partial charge on any atom is 0.320 e. The monoisotopic (exact) mass is 301 g/mol. The normalized spacial score (nSPS) is 21.1. The molecule has 0 radical (unpaired) electrons. The Bertz CT molecular complexity index is 474. The van der Waals surface area contributed by atoms with Crippen molar-refractivity contribution in [2.24, 2.45) is 5.92 Å². The summed E-state index contributed by atoms with van der Waals surface area (Å²) >= 11 is 0. The quantitative estimate of drug-likeness (QED) is 0.838. The molecule has 3 rings (SSSR count). The SMILES string of the molecule is CN1CCN(C(=O)N2CCC(Cc3ccccc3)CC2)CC1. The lowest BCUT2D eigenvalue weighted by Gasteiger charge is -2.39. The zero-order valence-corrected chi connectivity index (χ0v) is 13.6. The van der Waals surface area contributed by atoms with Crippen molar-refractivity contribution < 1.29 is 4.79 Å². The van der Waals surface area contributed by atoms with Gasteiger partial charge < -0.3 is 14.7 Å². The minimum Gasteiger partial charge on any atom is -0.325 e. The van der Waals surface area contributed by atoms with Crippen molar-refractivity contribution in [1.29, 1.82) is 0 Å². The molecule has 0 atom stereocenters. The lowest BCUT2D eigenvalue weighted by molar-refractivity contribution is 0.108. The number of hydrogen-bond acceptors (Lipinski definition) is 2. The topological polar surface area (TPSA) is 26.8 Å².